The van der Waals surface area contributed by atoms with Gasteiger partial charge in [0.15, 0.2) is 0 Å². The minimum Gasteiger partial charge on any atom is -0.348 e. The fourth-order valence-corrected chi connectivity index (χ4v) is 2.57. The highest BCUT2D eigenvalue weighted by Gasteiger charge is 1.98. The number of benzene rings is 3. The molecule has 0 bridgehead atoms. The first-order valence-corrected chi connectivity index (χ1v) is 8.44. The monoisotopic (exact) mass is 347 g/mol. The Morgan fingerprint density at radius 1 is 0.840 bits per heavy atom. The van der Waals surface area contributed by atoms with Gasteiger partial charge in [0.05, 0.1) is 0 Å². The fraction of sp³-hybridized carbons (Fsp3) is 0.0455. The second kappa shape index (κ2) is 8.32. The van der Waals surface area contributed by atoms with Crippen molar-refractivity contribution in [1.82, 2.24) is 5.32 Å². The molecule has 0 unspecified atom stereocenters. The van der Waals surface area contributed by atoms with Crippen LogP contribution < -0.4 is 5.32 Å². The van der Waals surface area contributed by atoms with Crippen molar-refractivity contribution in [3.8, 4) is 11.1 Å². The van der Waals surface area contributed by atoms with Gasteiger partial charge >= 0.3 is 0 Å². The zero-order chi connectivity index (χ0) is 17.5. The molecule has 0 aliphatic heterocycles. The highest BCUT2D eigenvalue weighted by Crippen LogP contribution is 2.19. The first kappa shape index (κ1) is 17.0. The number of carbonyl (C=O) groups is 1. The van der Waals surface area contributed by atoms with Crippen LogP contribution in [0.1, 0.15) is 11.1 Å². The van der Waals surface area contributed by atoms with E-state index in [9.17, 15) is 4.79 Å². The maximum atomic E-state index is 11.9. The molecule has 0 saturated heterocycles. The fourth-order valence-electron chi connectivity index (χ4n) is 2.44. The largest absolute Gasteiger partial charge is 0.348 e. The molecule has 0 aliphatic carbocycles. The lowest BCUT2D eigenvalue weighted by Gasteiger charge is -2.03. The summed E-state index contributed by atoms with van der Waals surface area (Å²) >= 11 is 5.84. The number of nitrogens with one attached hydrogen (secondary N) is 1. The maximum Gasteiger partial charge on any atom is 0.244 e. The Balaban J connectivity index is 1.56. The number of hydrogen-bond acceptors (Lipinski definition) is 1. The summed E-state index contributed by atoms with van der Waals surface area (Å²) in [4.78, 5) is 11.9. The van der Waals surface area contributed by atoms with E-state index in [0.29, 0.717) is 11.6 Å². The van der Waals surface area contributed by atoms with E-state index >= 15 is 0 Å². The molecule has 3 heteroatoms. The van der Waals surface area contributed by atoms with E-state index in [0.717, 1.165) is 16.7 Å². The van der Waals surface area contributed by atoms with E-state index in [2.05, 4.69) is 29.6 Å². The molecule has 3 rings (SSSR count). The van der Waals surface area contributed by atoms with Crippen LogP contribution in [-0.2, 0) is 11.3 Å². The molecule has 0 aliphatic rings. The van der Waals surface area contributed by atoms with E-state index in [-0.39, 0.29) is 5.91 Å². The van der Waals surface area contributed by atoms with Crippen molar-refractivity contribution in [2.24, 2.45) is 0 Å². The Morgan fingerprint density at radius 3 is 2.16 bits per heavy atom. The molecule has 1 amide bonds. The quantitative estimate of drug-likeness (QED) is 0.620. The molecule has 0 aromatic heterocycles. The van der Waals surface area contributed by atoms with E-state index in [1.165, 1.54) is 5.56 Å². The van der Waals surface area contributed by atoms with Crippen LogP contribution >= 0.6 is 11.6 Å². The topological polar surface area (TPSA) is 29.1 Å². The highest BCUT2D eigenvalue weighted by atomic mass is 35.5. The molecule has 0 heterocycles. The molecule has 25 heavy (non-hydrogen) atoms. The van der Waals surface area contributed by atoms with Gasteiger partial charge in [0.25, 0.3) is 0 Å². The van der Waals surface area contributed by atoms with Crippen LogP contribution in [0.25, 0.3) is 17.2 Å². The Kier molecular flexibility index (Phi) is 5.65. The summed E-state index contributed by atoms with van der Waals surface area (Å²) < 4.78 is 0. The van der Waals surface area contributed by atoms with E-state index in [1.807, 2.05) is 60.7 Å². The third-order valence-electron chi connectivity index (χ3n) is 3.82. The van der Waals surface area contributed by atoms with Crippen LogP contribution in [0.3, 0.4) is 0 Å². The predicted molar refractivity (Wildman–Crippen MR) is 104 cm³/mol. The molecule has 0 saturated carbocycles. The zero-order valence-corrected chi connectivity index (χ0v) is 14.4. The van der Waals surface area contributed by atoms with Crippen molar-refractivity contribution in [2.45, 2.75) is 6.54 Å². The Bertz CT molecular complexity index is 853. The minimum atomic E-state index is -0.123. The highest BCUT2D eigenvalue weighted by molar-refractivity contribution is 6.30. The van der Waals surface area contributed by atoms with Gasteiger partial charge in [-0.3, -0.25) is 4.79 Å². The second-order valence-electron chi connectivity index (χ2n) is 5.67. The average molecular weight is 348 g/mol. The van der Waals surface area contributed by atoms with Crippen molar-refractivity contribution < 1.29 is 4.79 Å². The van der Waals surface area contributed by atoms with Crippen molar-refractivity contribution in [2.75, 3.05) is 0 Å². The maximum absolute atomic E-state index is 11.9. The van der Waals surface area contributed by atoms with Gasteiger partial charge in [0.2, 0.25) is 5.91 Å². The van der Waals surface area contributed by atoms with Crippen molar-refractivity contribution in [1.29, 1.82) is 0 Å². The summed E-state index contributed by atoms with van der Waals surface area (Å²) in [5.41, 5.74) is 4.34. The van der Waals surface area contributed by atoms with Crippen LogP contribution in [0.2, 0.25) is 5.02 Å². The van der Waals surface area contributed by atoms with Crippen molar-refractivity contribution >= 4 is 23.6 Å². The van der Waals surface area contributed by atoms with Gasteiger partial charge in [-0.05, 0) is 40.5 Å². The SMILES string of the molecule is O=C(C=Cc1ccc(-c2ccccc2)cc1)NCc1ccc(Cl)cc1. The van der Waals surface area contributed by atoms with Crippen LogP contribution in [0, 0.1) is 0 Å². The molecule has 124 valence electrons. The number of amides is 1. The van der Waals surface area contributed by atoms with Gasteiger partial charge < -0.3 is 5.32 Å². The van der Waals surface area contributed by atoms with Gasteiger partial charge in [-0.25, -0.2) is 0 Å². The normalized spacial score (nSPS) is 10.8. The zero-order valence-electron chi connectivity index (χ0n) is 13.7. The van der Waals surface area contributed by atoms with Gasteiger partial charge in [0, 0.05) is 17.6 Å². The van der Waals surface area contributed by atoms with Crippen LogP contribution in [0.15, 0.2) is 84.9 Å². The first-order valence-electron chi connectivity index (χ1n) is 8.06. The average Bonchev–Trinajstić information content (AvgIpc) is 2.67. The smallest absolute Gasteiger partial charge is 0.244 e. The number of halogens is 1. The van der Waals surface area contributed by atoms with Gasteiger partial charge in [-0.1, -0.05) is 78.3 Å². The van der Waals surface area contributed by atoms with Gasteiger partial charge in [-0.15, -0.1) is 0 Å². The van der Waals surface area contributed by atoms with E-state index in [4.69, 9.17) is 11.6 Å². The summed E-state index contributed by atoms with van der Waals surface area (Å²) in [5, 5.41) is 3.55. The van der Waals surface area contributed by atoms with E-state index in [1.54, 1.807) is 6.08 Å². The molecular formula is C22H18ClNO. The molecule has 0 radical (unpaired) electrons. The van der Waals surface area contributed by atoms with Crippen LogP contribution in [0.4, 0.5) is 0 Å². The molecule has 0 atom stereocenters. The third-order valence-corrected chi connectivity index (χ3v) is 4.08. The number of rotatable bonds is 5. The van der Waals surface area contributed by atoms with Crippen molar-refractivity contribution in [3.05, 3.63) is 101 Å². The molecule has 3 aromatic rings. The summed E-state index contributed by atoms with van der Waals surface area (Å²) in [6, 6.07) is 25.7. The first-order chi connectivity index (χ1) is 12.2. The second-order valence-corrected chi connectivity index (χ2v) is 6.10. The molecule has 0 fully saturated rings. The third kappa shape index (κ3) is 5.07. The van der Waals surface area contributed by atoms with Crippen LogP contribution in [0.5, 0.6) is 0 Å². The number of hydrogen-bond donors (Lipinski definition) is 1. The minimum absolute atomic E-state index is 0.123. The summed E-state index contributed by atoms with van der Waals surface area (Å²) in [7, 11) is 0. The Morgan fingerprint density at radius 2 is 1.48 bits per heavy atom. The van der Waals surface area contributed by atoms with Crippen molar-refractivity contribution in [3.63, 3.8) is 0 Å². The standard InChI is InChI=1S/C22H18ClNO/c23-21-13-8-18(9-14-21)16-24-22(25)15-10-17-6-11-20(12-7-17)19-4-2-1-3-5-19/h1-15H,16H2,(H,24,25). The lowest BCUT2D eigenvalue weighted by molar-refractivity contribution is -0.116. The molecule has 2 nitrogen and oxygen atoms in total. The van der Waals surface area contributed by atoms with Gasteiger partial charge in [0.1, 0.15) is 0 Å². The summed E-state index contributed by atoms with van der Waals surface area (Å²) in [5.74, 6) is -0.123. The Labute approximate surface area is 152 Å². The summed E-state index contributed by atoms with van der Waals surface area (Å²) in [6.45, 7) is 0.479. The van der Waals surface area contributed by atoms with E-state index < -0.39 is 0 Å². The number of carbonyl (C=O) groups excluding carboxylic acids is 1. The lowest BCUT2D eigenvalue weighted by Crippen LogP contribution is -2.20. The molecule has 3 aromatic carbocycles. The molecule has 0 spiro atoms. The lowest BCUT2D eigenvalue weighted by atomic mass is 10.0. The molecular weight excluding hydrogens is 330 g/mol. The predicted octanol–water partition coefficient (Wildman–Crippen LogP) is 5.34. The Hall–Kier alpha value is -2.84. The summed E-state index contributed by atoms with van der Waals surface area (Å²) in [6.07, 6.45) is 3.36. The van der Waals surface area contributed by atoms with Crippen LogP contribution in [-0.4, -0.2) is 5.91 Å². The van der Waals surface area contributed by atoms with Gasteiger partial charge in [-0.2, -0.15) is 0 Å². The molecule has 1 N–H and O–H groups in total.